The molecule has 0 spiro atoms. The Hall–Kier alpha value is -1.42. The van der Waals surface area contributed by atoms with Crippen molar-refractivity contribution in [1.82, 2.24) is 0 Å². The lowest BCUT2D eigenvalue weighted by molar-refractivity contribution is 0.0792. The summed E-state index contributed by atoms with van der Waals surface area (Å²) in [6.07, 6.45) is -0.155. The van der Waals surface area contributed by atoms with Crippen molar-refractivity contribution in [1.29, 1.82) is 0 Å². The molecule has 3 nitrogen and oxygen atoms in total. The smallest absolute Gasteiger partial charge is 0.127 e. The van der Waals surface area contributed by atoms with E-state index in [-0.39, 0.29) is 17.8 Å². The lowest BCUT2D eigenvalue weighted by Gasteiger charge is -2.09. The number of halogens is 1. The van der Waals surface area contributed by atoms with Gasteiger partial charge in [0.1, 0.15) is 18.5 Å². The van der Waals surface area contributed by atoms with Crippen LogP contribution in [0.3, 0.4) is 0 Å². The minimum absolute atomic E-state index is 0.155. The number of oxime groups is 1. The number of nitrogens with zero attached hydrogens (tertiary/aromatic N) is 1. The molecular formula is C11H10FNO2. The Labute approximate surface area is 86.5 Å². The summed E-state index contributed by atoms with van der Waals surface area (Å²) in [4.78, 5) is 5.02. The largest absolute Gasteiger partial charge is 0.395 e. The van der Waals surface area contributed by atoms with Crippen molar-refractivity contribution in [3.05, 3.63) is 35.6 Å². The van der Waals surface area contributed by atoms with Gasteiger partial charge in [-0.1, -0.05) is 17.3 Å². The van der Waals surface area contributed by atoms with Gasteiger partial charge in [0, 0.05) is 0 Å². The number of rotatable bonds is 1. The molecule has 2 aliphatic rings. The van der Waals surface area contributed by atoms with Crippen molar-refractivity contribution in [3.63, 3.8) is 0 Å². The van der Waals surface area contributed by atoms with Crippen LogP contribution in [0.4, 0.5) is 4.39 Å². The third-order valence-electron chi connectivity index (χ3n) is 2.77. The maximum Gasteiger partial charge on any atom is 0.127 e. The fourth-order valence-electron chi connectivity index (χ4n) is 1.96. The quantitative estimate of drug-likeness (QED) is 0.704. The molecule has 0 saturated carbocycles. The van der Waals surface area contributed by atoms with Gasteiger partial charge in [0.2, 0.25) is 0 Å². The zero-order chi connectivity index (χ0) is 10.3. The second-order valence-corrected chi connectivity index (χ2v) is 3.77. The number of ether oxygens (including phenoxy) is 1. The molecule has 2 aliphatic heterocycles. The third-order valence-corrected chi connectivity index (χ3v) is 2.77. The first kappa shape index (κ1) is 8.85. The molecule has 0 radical (unpaired) electrons. The van der Waals surface area contributed by atoms with E-state index in [1.54, 1.807) is 12.1 Å². The molecule has 0 unspecified atom stereocenters. The van der Waals surface area contributed by atoms with Crippen LogP contribution < -0.4 is 0 Å². The van der Waals surface area contributed by atoms with Crippen molar-refractivity contribution >= 4 is 5.71 Å². The first-order valence-electron chi connectivity index (χ1n) is 4.91. The fraction of sp³-hybridized carbons (Fsp3) is 0.364. The number of fused-ring (bicyclic) bond motifs is 1. The van der Waals surface area contributed by atoms with E-state index in [9.17, 15) is 4.39 Å². The van der Waals surface area contributed by atoms with E-state index < -0.39 is 0 Å². The Morgan fingerprint density at radius 2 is 2.00 bits per heavy atom. The van der Waals surface area contributed by atoms with E-state index in [0.717, 1.165) is 11.3 Å². The van der Waals surface area contributed by atoms with E-state index in [1.807, 2.05) is 0 Å². The standard InChI is InChI=1S/C11H10FNO2/c12-9-3-1-7(2-4-9)11-10-8(5-14-11)6-15-13-10/h1-4,8,11H,5-6H2/t8-,11-/m0/s1. The number of hydrogen-bond acceptors (Lipinski definition) is 3. The highest BCUT2D eigenvalue weighted by molar-refractivity contribution is 5.93. The maximum atomic E-state index is 12.7. The summed E-state index contributed by atoms with van der Waals surface area (Å²) in [5.74, 6) is 0.0398. The SMILES string of the molecule is Fc1ccc([C@@H]2OC[C@H]3CON=C32)cc1. The highest BCUT2D eigenvalue weighted by atomic mass is 19.1. The monoisotopic (exact) mass is 207 g/mol. The Morgan fingerprint density at radius 3 is 2.80 bits per heavy atom. The van der Waals surface area contributed by atoms with Crippen molar-refractivity contribution in [3.8, 4) is 0 Å². The van der Waals surface area contributed by atoms with E-state index in [1.165, 1.54) is 12.1 Å². The van der Waals surface area contributed by atoms with Gasteiger partial charge in [-0.3, -0.25) is 0 Å². The van der Waals surface area contributed by atoms with Gasteiger partial charge in [-0.2, -0.15) is 0 Å². The predicted molar refractivity (Wildman–Crippen MR) is 52.0 cm³/mol. The van der Waals surface area contributed by atoms with Crippen molar-refractivity contribution in [2.75, 3.05) is 13.2 Å². The molecule has 0 amide bonds. The fourth-order valence-corrected chi connectivity index (χ4v) is 1.96. The van der Waals surface area contributed by atoms with Crippen molar-refractivity contribution in [2.45, 2.75) is 6.10 Å². The first-order valence-corrected chi connectivity index (χ1v) is 4.91. The minimum Gasteiger partial charge on any atom is -0.395 e. The highest BCUT2D eigenvalue weighted by Gasteiger charge is 2.38. The normalized spacial score (nSPS) is 28.5. The zero-order valence-corrected chi connectivity index (χ0v) is 8.02. The first-order chi connectivity index (χ1) is 7.34. The average Bonchev–Trinajstić information content (AvgIpc) is 2.80. The van der Waals surface area contributed by atoms with Crippen LogP contribution in [0, 0.1) is 11.7 Å². The predicted octanol–water partition coefficient (Wildman–Crippen LogP) is 1.90. The van der Waals surface area contributed by atoms with Gasteiger partial charge >= 0.3 is 0 Å². The molecule has 1 saturated heterocycles. The Bertz CT molecular complexity index is 402. The molecule has 0 N–H and O–H groups in total. The Morgan fingerprint density at radius 1 is 1.20 bits per heavy atom. The maximum absolute atomic E-state index is 12.7. The summed E-state index contributed by atoms with van der Waals surface area (Å²) >= 11 is 0. The summed E-state index contributed by atoms with van der Waals surface area (Å²) in [5, 5.41) is 3.98. The summed E-state index contributed by atoms with van der Waals surface area (Å²) < 4.78 is 18.4. The number of benzene rings is 1. The van der Waals surface area contributed by atoms with Crippen LogP contribution in [0.2, 0.25) is 0 Å². The van der Waals surface area contributed by atoms with Gasteiger partial charge < -0.3 is 9.57 Å². The third kappa shape index (κ3) is 1.41. The van der Waals surface area contributed by atoms with Crippen LogP contribution in [0.25, 0.3) is 0 Å². The molecular weight excluding hydrogens is 197 g/mol. The zero-order valence-electron chi connectivity index (χ0n) is 8.02. The van der Waals surface area contributed by atoms with Gasteiger partial charge in [-0.15, -0.1) is 0 Å². The molecule has 78 valence electrons. The molecule has 0 bridgehead atoms. The average molecular weight is 207 g/mol. The number of hydrogen-bond donors (Lipinski definition) is 0. The minimum atomic E-state index is -0.238. The van der Waals surface area contributed by atoms with Gasteiger partial charge in [0.15, 0.2) is 0 Å². The second-order valence-electron chi connectivity index (χ2n) is 3.77. The van der Waals surface area contributed by atoms with Crippen molar-refractivity contribution < 1.29 is 14.0 Å². The van der Waals surface area contributed by atoms with Gasteiger partial charge in [0.05, 0.1) is 18.2 Å². The van der Waals surface area contributed by atoms with E-state index in [0.29, 0.717) is 13.2 Å². The van der Waals surface area contributed by atoms with Gasteiger partial charge in [0.25, 0.3) is 0 Å². The molecule has 2 heterocycles. The summed E-state index contributed by atoms with van der Waals surface area (Å²) in [7, 11) is 0. The lowest BCUT2D eigenvalue weighted by Crippen LogP contribution is -2.12. The van der Waals surface area contributed by atoms with Crippen molar-refractivity contribution in [2.24, 2.45) is 11.1 Å². The van der Waals surface area contributed by atoms with Crippen LogP contribution >= 0.6 is 0 Å². The van der Waals surface area contributed by atoms with Crippen LogP contribution in [-0.2, 0) is 9.57 Å². The van der Waals surface area contributed by atoms with E-state index in [4.69, 9.17) is 9.57 Å². The molecule has 0 aliphatic carbocycles. The topological polar surface area (TPSA) is 30.8 Å². The van der Waals surface area contributed by atoms with Crippen LogP contribution in [0.5, 0.6) is 0 Å². The lowest BCUT2D eigenvalue weighted by atomic mass is 9.99. The molecule has 4 heteroatoms. The van der Waals surface area contributed by atoms with Crippen LogP contribution in [-0.4, -0.2) is 18.9 Å². The second kappa shape index (κ2) is 3.31. The molecule has 1 aromatic rings. The van der Waals surface area contributed by atoms with E-state index >= 15 is 0 Å². The Kier molecular flexibility index (Phi) is 1.95. The molecule has 2 atom stereocenters. The molecule has 1 fully saturated rings. The van der Waals surface area contributed by atoms with Crippen LogP contribution in [0.15, 0.2) is 29.4 Å². The van der Waals surface area contributed by atoms with Gasteiger partial charge in [-0.05, 0) is 17.7 Å². The Balaban J connectivity index is 1.91. The van der Waals surface area contributed by atoms with Crippen LogP contribution in [0.1, 0.15) is 11.7 Å². The summed E-state index contributed by atoms with van der Waals surface area (Å²) in [5.41, 5.74) is 1.87. The molecule has 1 aromatic carbocycles. The van der Waals surface area contributed by atoms with Gasteiger partial charge in [-0.25, -0.2) is 4.39 Å². The summed E-state index contributed by atoms with van der Waals surface area (Å²) in [6.45, 7) is 1.24. The summed E-state index contributed by atoms with van der Waals surface area (Å²) in [6, 6.07) is 6.32. The molecule has 3 rings (SSSR count). The molecule has 0 aromatic heterocycles. The molecule has 15 heavy (non-hydrogen) atoms. The highest BCUT2D eigenvalue weighted by Crippen LogP contribution is 2.33. The van der Waals surface area contributed by atoms with E-state index in [2.05, 4.69) is 5.16 Å².